The molecule has 1 fully saturated rings. The fourth-order valence-corrected chi connectivity index (χ4v) is 3.44. The predicted molar refractivity (Wildman–Crippen MR) is 88.6 cm³/mol. The Morgan fingerprint density at radius 1 is 1.36 bits per heavy atom. The first-order valence-corrected chi connectivity index (χ1v) is 8.49. The molecular weight excluding hydrogens is 300 g/mol. The molecule has 6 heteroatoms. The first kappa shape index (κ1) is 17.0. The Balaban J connectivity index is 1.80. The van der Waals surface area contributed by atoms with Crippen LogP contribution in [-0.2, 0) is 4.79 Å². The van der Waals surface area contributed by atoms with Crippen LogP contribution in [0.4, 0.5) is 0 Å². The quantitative estimate of drug-likeness (QED) is 0.777. The van der Waals surface area contributed by atoms with E-state index < -0.39 is 0 Å². The van der Waals surface area contributed by atoms with Crippen LogP contribution in [0.3, 0.4) is 0 Å². The topological polar surface area (TPSA) is 64.8 Å². The van der Waals surface area contributed by atoms with Gasteiger partial charge in [0.05, 0.1) is 14.2 Å². The van der Waals surface area contributed by atoms with Gasteiger partial charge in [-0.2, -0.15) is 0 Å². The largest absolute Gasteiger partial charge is 0.493 e. The van der Waals surface area contributed by atoms with E-state index in [0.717, 1.165) is 30.2 Å². The first-order valence-electron chi connectivity index (χ1n) is 7.50. The molecule has 1 saturated heterocycles. The van der Waals surface area contributed by atoms with Crippen LogP contribution in [0, 0.1) is 5.92 Å². The molecule has 1 aliphatic heterocycles. The van der Waals surface area contributed by atoms with Gasteiger partial charge in [-0.15, -0.1) is 11.8 Å². The smallest absolute Gasteiger partial charge is 0.223 e. The van der Waals surface area contributed by atoms with E-state index in [1.54, 1.807) is 26.0 Å². The molecule has 122 valence electrons. The molecule has 1 unspecified atom stereocenters. The van der Waals surface area contributed by atoms with E-state index in [-0.39, 0.29) is 5.91 Å². The highest BCUT2D eigenvalue weighted by atomic mass is 32.2. The van der Waals surface area contributed by atoms with Crippen LogP contribution in [0.15, 0.2) is 23.1 Å². The highest BCUT2D eigenvalue weighted by molar-refractivity contribution is 7.99. The molecule has 2 rings (SSSR count). The fraction of sp³-hybridized carbons (Fsp3) is 0.562. The molecule has 22 heavy (non-hydrogen) atoms. The van der Waals surface area contributed by atoms with E-state index in [9.17, 15) is 4.79 Å². The van der Waals surface area contributed by atoms with Crippen molar-refractivity contribution in [2.24, 2.45) is 11.7 Å². The van der Waals surface area contributed by atoms with Crippen molar-refractivity contribution < 1.29 is 14.3 Å². The fourth-order valence-electron chi connectivity index (χ4n) is 2.57. The molecule has 1 heterocycles. The van der Waals surface area contributed by atoms with Crippen LogP contribution in [0.2, 0.25) is 0 Å². The van der Waals surface area contributed by atoms with E-state index in [4.69, 9.17) is 15.2 Å². The Bertz CT molecular complexity index is 510. The van der Waals surface area contributed by atoms with Gasteiger partial charge in [0, 0.05) is 30.2 Å². The number of nitrogens with zero attached hydrogens (tertiary/aromatic N) is 1. The minimum Gasteiger partial charge on any atom is -0.493 e. The van der Waals surface area contributed by atoms with Crippen molar-refractivity contribution in [2.75, 3.05) is 39.6 Å². The molecule has 0 aromatic heterocycles. The molecule has 1 amide bonds. The summed E-state index contributed by atoms with van der Waals surface area (Å²) in [7, 11) is 3.24. The van der Waals surface area contributed by atoms with Crippen molar-refractivity contribution in [3.05, 3.63) is 18.2 Å². The summed E-state index contributed by atoms with van der Waals surface area (Å²) in [6.45, 7) is 2.34. The molecule has 1 atom stereocenters. The van der Waals surface area contributed by atoms with E-state index in [1.165, 1.54) is 0 Å². The zero-order chi connectivity index (χ0) is 15.9. The van der Waals surface area contributed by atoms with Crippen LogP contribution in [0.5, 0.6) is 11.5 Å². The van der Waals surface area contributed by atoms with Crippen LogP contribution in [-0.4, -0.2) is 50.4 Å². The lowest BCUT2D eigenvalue weighted by Gasteiger charge is -2.16. The minimum absolute atomic E-state index is 0.226. The lowest BCUT2D eigenvalue weighted by Crippen LogP contribution is -2.30. The third-order valence-corrected chi connectivity index (χ3v) is 4.91. The zero-order valence-electron chi connectivity index (χ0n) is 13.2. The van der Waals surface area contributed by atoms with Crippen molar-refractivity contribution in [3.63, 3.8) is 0 Å². The lowest BCUT2D eigenvalue weighted by molar-refractivity contribution is -0.129. The second-order valence-corrected chi connectivity index (χ2v) is 6.51. The molecule has 5 nitrogen and oxygen atoms in total. The van der Waals surface area contributed by atoms with Gasteiger partial charge in [-0.05, 0) is 37.1 Å². The molecule has 0 radical (unpaired) electrons. The number of carbonyl (C=O) groups is 1. The second kappa shape index (κ2) is 8.29. The Hall–Kier alpha value is -1.40. The summed E-state index contributed by atoms with van der Waals surface area (Å²) in [5, 5.41) is 0. The molecule has 0 saturated carbocycles. The Labute approximate surface area is 136 Å². The summed E-state index contributed by atoms with van der Waals surface area (Å²) >= 11 is 1.66. The van der Waals surface area contributed by atoms with Gasteiger partial charge in [-0.1, -0.05) is 0 Å². The number of methoxy groups -OCH3 is 2. The van der Waals surface area contributed by atoms with Gasteiger partial charge in [-0.25, -0.2) is 0 Å². The maximum atomic E-state index is 12.1. The van der Waals surface area contributed by atoms with Gasteiger partial charge < -0.3 is 20.1 Å². The van der Waals surface area contributed by atoms with Crippen LogP contribution in [0.25, 0.3) is 0 Å². The Morgan fingerprint density at radius 2 is 2.14 bits per heavy atom. The summed E-state index contributed by atoms with van der Waals surface area (Å²) < 4.78 is 10.5. The van der Waals surface area contributed by atoms with E-state index in [1.807, 2.05) is 23.1 Å². The van der Waals surface area contributed by atoms with Crippen LogP contribution >= 0.6 is 11.8 Å². The Morgan fingerprint density at radius 3 is 2.77 bits per heavy atom. The maximum Gasteiger partial charge on any atom is 0.223 e. The van der Waals surface area contributed by atoms with Gasteiger partial charge in [0.25, 0.3) is 0 Å². The highest BCUT2D eigenvalue weighted by Crippen LogP contribution is 2.32. The summed E-state index contributed by atoms with van der Waals surface area (Å²) in [6, 6.07) is 5.81. The highest BCUT2D eigenvalue weighted by Gasteiger charge is 2.24. The number of amides is 1. The van der Waals surface area contributed by atoms with Gasteiger partial charge in [0.1, 0.15) is 0 Å². The number of likely N-dealkylation sites (tertiary alicyclic amines) is 1. The van der Waals surface area contributed by atoms with Crippen LogP contribution in [0.1, 0.15) is 12.8 Å². The summed E-state index contributed by atoms with van der Waals surface area (Å²) in [4.78, 5) is 15.2. The number of carbonyl (C=O) groups excluding carboxylic acids is 1. The van der Waals surface area contributed by atoms with Crippen molar-refractivity contribution in [3.8, 4) is 11.5 Å². The van der Waals surface area contributed by atoms with E-state index in [2.05, 4.69) is 0 Å². The number of hydrogen-bond acceptors (Lipinski definition) is 5. The maximum absolute atomic E-state index is 12.1. The third-order valence-electron chi connectivity index (χ3n) is 3.91. The molecule has 0 bridgehead atoms. The molecule has 1 aromatic carbocycles. The van der Waals surface area contributed by atoms with E-state index >= 15 is 0 Å². The van der Waals surface area contributed by atoms with Gasteiger partial charge in [-0.3, -0.25) is 4.79 Å². The number of thioether (sulfide) groups is 1. The third kappa shape index (κ3) is 4.30. The normalized spacial score (nSPS) is 17.6. The molecule has 2 N–H and O–H groups in total. The average Bonchev–Trinajstić information content (AvgIpc) is 3.03. The summed E-state index contributed by atoms with van der Waals surface area (Å²) in [5.41, 5.74) is 5.66. The zero-order valence-corrected chi connectivity index (χ0v) is 14.0. The van der Waals surface area contributed by atoms with Gasteiger partial charge in [0.2, 0.25) is 5.91 Å². The number of benzene rings is 1. The number of ether oxygens (including phenoxy) is 2. The predicted octanol–water partition coefficient (Wildman–Crippen LogP) is 1.99. The van der Waals surface area contributed by atoms with Crippen molar-refractivity contribution in [1.82, 2.24) is 4.90 Å². The summed E-state index contributed by atoms with van der Waals surface area (Å²) in [5.74, 6) is 2.89. The van der Waals surface area contributed by atoms with Crippen molar-refractivity contribution in [1.29, 1.82) is 0 Å². The van der Waals surface area contributed by atoms with Gasteiger partial charge in [0.15, 0.2) is 11.5 Å². The second-order valence-electron chi connectivity index (χ2n) is 5.35. The molecule has 1 aromatic rings. The summed E-state index contributed by atoms with van der Waals surface area (Å²) in [6.07, 6.45) is 1.58. The average molecular weight is 324 g/mol. The lowest BCUT2D eigenvalue weighted by atomic mass is 10.1. The van der Waals surface area contributed by atoms with E-state index in [0.29, 0.717) is 30.4 Å². The molecule has 1 aliphatic rings. The number of hydrogen-bond donors (Lipinski definition) is 1. The number of nitrogens with two attached hydrogens (primary N) is 1. The van der Waals surface area contributed by atoms with Gasteiger partial charge >= 0.3 is 0 Å². The number of rotatable bonds is 7. The minimum atomic E-state index is 0.226. The van der Waals surface area contributed by atoms with Crippen molar-refractivity contribution >= 4 is 17.7 Å². The molecular formula is C16H24N2O3S. The Kier molecular flexibility index (Phi) is 6.39. The van der Waals surface area contributed by atoms with Crippen molar-refractivity contribution in [2.45, 2.75) is 17.7 Å². The first-order chi connectivity index (χ1) is 10.7. The monoisotopic (exact) mass is 324 g/mol. The SMILES string of the molecule is COc1ccc(SCCC(=O)N2CCC(CN)C2)cc1OC. The van der Waals surface area contributed by atoms with Crippen LogP contribution < -0.4 is 15.2 Å². The molecule has 0 spiro atoms. The molecule has 0 aliphatic carbocycles. The standard InChI is InChI=1S/C16H24N2O3S/c1-20-14-4-3-13(9-15(14)21-2)22-8-6-16(19)18-7-5-12(10-17)11-18/h3-4,9,12H,5-8,10-11,17H2,1-2H3.